The molecule has 0 saturated heterocycles. The highest BCUT2D eigenvalue weighted by Gasteiger charge is 2.39. The highest BCUT2D eigenvalue weighted by Crippen LogP contribution is 2.42. The van der Waals surface area contributed by atoms with Gasteiger partial charge in [0.05, 0.1) is 11.2 Å². The average Bonchev–Trinajstić information content (AvgIpc) is 2.69. The molecule has 2 rings (SSSR count). The minimum atomic E-state index is 0.345. The summed E-state index contributed by atoms with van der Waals surface area (Å²) in [6.07, 6.45) is 5.69. The number of nitrogens with one attached hydrogen (secondary N) is 1. The Balaban J connectivity index is 2.01. The summed E-state index contributed by atoms with van der Waals surface area (Å²) in [6.45, 7) is 3.27. The molecule has 0 radical (unpaired) electrons. The molecule has 0 unspecified atom stereocenters. The molecule has 3 heteroatoms. The molecule has 1 aromatic rings. The second kappa shape index (κ2) is 3.14. The molecular formula is C10H17N3. The summed E-state index contributed by atoms with van der Waals surface area (Å²) in [5, 5.41) is 7.69. The Labute approximate surface area is 79.1 Å². The summed E-state index contributed by atoms with van der Waals surface area (Å²) in [7, 11) is 1.97. The van der Waals surface area contributed by atoms with Crippen LogP contribution in [0.15, 0.2) is 12.3 Å². The first-order chi connectivity index (χ1) is 6.24. The van der Waals surface area contributed by atoms with Crippen molar-refractivity contribution in [1.29, 1.82) is 0 Å². The van der Waals surface area contributed by atoms with Crippen molar-refractivity contribution in [2.24, 2.45) is 0 Å². The van der Waals surface area contributed by atoms with Crippen LogP contribution in [0.4, 0.5) is 0 Å². The number of likely N-dealkylation sites (N-methyl/N-ethyl adjacent to an activating group) is 1. The first kappa shape index (κ1) is 8.75. The molecule has 13 heavy (non-hydrogen) atoms. The van der Waals surface area contributed by atoms with Crippen LogP contribution >= 0.6 is 0 Å². The van der Waals surface area contributed by atoms with Gasteiger partial charge in [-0.05, 0) is 32.9 Å². The van der Waals surface area contributed by atoms with Crippen LogP contribution in [0.1, 0.15) is 25.5 Å². The molecule has 1 heterocycles. The van der Waals surface area contributed by atoms with Crippen LogP contribution in [0.2, 0.25) is 0 Å². The van der Waals surface area contributed by atoms with Gasteiger partial charge in [-0.15, -0.1) is 0 Å². The van der Waals surface area contributed by atoms with Gasteiger partial charge in [-0.3, -0.25) is 4.68 Å². The highest BCUT2D eigenvalue weighted by molar-refractivity contribution is 5.05. The third-order valence-corrected chi connectivity index (χ3v) is 2.80. The predicted molar refractivity (Wildman–Crippen MR) is 52.7 cm³/mol. The lowest BCUT2D eigenvalue weighted by molar-refractivity contribution is 0.467. The maximum absolute atomic E-state index is 4.56. The molecule has 0 aliphatic heterocycles. The fourth-order valence-electron chi connectivity index (χ4n) is 1.46. The van der Waals surface area contributed by atoms with Crippen LogP contribution < -0.4 is 5.32 Å². The van der Waals surface area contributed by atoms with E-state index < -0.39 is 0 Å². The fraction of sp³-hybridized carbons (Fsp3) is 0.700. The van der Waals surface area contributed by atoms with E-state index >= 15 is 0 Å². The molecule has 1 aliphatic carbocycles. The zero-order chi connectivity index (χ0) is 9.31. The zero-order valence-electron chi connectivity index (χ0n) is 8.38. The van der Waals surface area contributed by atoms with Crippen molar-refractivity contribution in [1.82, 2.24) is 15.1 Å². The maximum Gasteiger partial charge on any atom is 0.0637 e. The van der Waals surface area contributed by atoms with E-state index in [1.807, 2.05) is 7.05 Å². The van der Waals surface area contributed by atoms with Gasteiger partial charge in [-0.2, -0.15) is 5.10 Å². The van der Waals surface area contributed by atoms with Crippen LogP contribution in [0.3, 0.4) is 0 Å². The van der Waals surface area contributed by atoms with Crippen LogP contribution in [0.5, 0.6) is 0 Å². The first-order valence-electron chi connectivity index (χ1n) is 4.94. The SMILES string of the molecule is CNCCc1ccn(C2(C)CC2)n1. The van der Waals surface area contributed by atoms with E-state index in [1.165, 1.54) is 18.5 Å². The molecule has 0 aromatic carbocycles. The van der Waals surface area contributed by atoms with E-state index in [9.17, 15) is 0 Å². The molecule has 3 nitrogen and oxygen atoms in total. The third-order valence-electron chi connectivity index (χ3n) is 2.80. The number of nitrogens with zero attached hydrogens (tertiary/aromatic N) is 2. The first-order valence-corrected chi connectivity index (χ1v) is 4.94. The largest absolute Gasteiger partial charge is 0.319 e. The maximum atomic E-state index is 4.56. The van der Waals surface area contributed by atoms with Crippen molar-refractivity contribution >= 4 is 0 Å². The van der Waals surface area contributed by atoms with E-state index in [2.05, 4.69) is 34.3 Å². The van der Waals surface area contributed by atoms with Gasteiger partial charge in [0.1, 0.15) is 0 Å². The van der Waals surface area contributed by atoms with Gasteiger partial charge in [0, 0.05) is 19.2 Å². The Morgan fingerprint density at radius 3 is 3.00 bits per heavy atom. The van der Waals surface area contributed by atoms with Gasteiger partial charge in [-0.1, -0.05) is 0 Å². The van der Waals surface area contributed by atoms with Gasteiger partial charge >= 0.3 is 0 Å². The van der Waals surface area contributed by atoms with E-state index in [1.54, 1.807) is 0 Å². The summed E-state index contributed by atoms with van der Waals surface area (Å²) in [6, 6.07) is 2.13. The Morgan fingerprint density at radius 2 is 2.38 bits per heavy atom. The minimum absolute atomic E-state index is 0.345. The minimum Gasteiger partial charge on any atom is -0.319 e. The molecule has 0 amide bonds. The quantitative estimate of drug-likeness (QED) is 0.751. The molecule has 1 aromatic heterocycles. The van der Waals surface area contributed by atoms with Gasteiger partial charge in [0.2, 0.25) is 0 Å². The predicted octanol–water partition coefficient (Wildman–Crippen LogP) is 1.15. The monoisotopic (exact) mass is 179 g/mol. The molecule has 0 bridgehead atoms. The number of hydrogen-bond acceptors (Lipinski definition) is 2. The van der Waals surface area contributed by atoms with Crippen molar-refractivity contribution in [3.8, 4) is 0 Å². The summed E-state index contributed by atoms with van der Waals surface area (Å²) < 4.78 is 2.12. The topological polar surface area (TPSA) is 29.9 Å². The second-order valence-electron chi connectivity index (χ2n) is 4.10. The second-order valence-corrected chi connectivity index (χ2v) is 4.10. The Morgan fingerprint density at radius 1 is 1.62 bits per heavy atom. The summed E-state index contributed by atoms with van der Waals surface area (Å²) in [5.41, 5.74) is 1.54. The summed E-state index contributed by atoms with van der Waals surface area (Å²) in [4.78, 5) is 0. The van der Waals surface area contributed by atoms with E-state index in [4.69, 9.17) is 0 Å². The van der Waals surface area contributed by atoms with E-state index in [-0.39, 0.29) is 0 Å². The lowest BCUT2D eigenvalue weighted by Gasteiger charge is -2.07. The highest BCUT2D eigenvalue weighted by atomic mass is 15.3. The number of hydrogen-bond donors (Lipinski definition) is 1. The Hall–Kier alpha value is -0.830. The molecule has 72 valence electrons. The van der Waals surface area contributed by atoms with E-state index in [0.29, 0.717) is 5.54 Å². The fourth-order valence-corrected chi connectivity index (χ4v) is 1.46. The normalized spacial score (nSPS) is 18.9. The van der Waals surface area contributed by atoms with Gasteiger partial charge in [0.25, 0.3) is 0 Å². The molecule has 0 spiro atoms. The number of aromatic nitrogens is 2. The van der Waals surface area contributed by atoms with Gasteiger partial charge < -0.3 is 5.32 Å². The van der Waals surface area contributed by atoms with Crippen molar-refractivity contribution in [2.45, 2.75) is 31.7 Å². The average molecular weight is 179 g/mol. The molecule has 1 aliphatic rings. The Kier molecular flexibility index (Phi) is 2.12. The summed E-state index contributed by atoms with van der Waals surface area (Å²) in [5.74, 6) is 0. The van der Waals surface area contributed by atoms with Crippen molar-refractivity contribution < 1.29 is 0 Å². The third kappa shape index (κ3) is 1.75. The van der Waals surface area contributed by atoms with Crippen LogP contribution in [-0.4, -0.2) is 23.4 Å². The Bertz CT molecular complexity index is 286. The smallest absolute Gasteiger partial charge is 0.0637 e. The van der Waals surface area contributed by atoms with Gasteiger partial charge in [-0.25, -0.2) is 0 Å². The van der Waals surface area contributed by atoms with Crippen molar-refractivity contribution in [3.63, 3.8) is 0 Å². The molecule has 1 fully saturated rings. The standard InChI is InChI=1S/C10H17N3/c1-10(5-6-10)13-8-4-9(12-13)3-7-11-2/h4,8,11H,3,5-7H2,1-2H3. The van der Waals surface area contributed by atoms with E-state index in [0.717, 1.165) is 13.0 Å². The lowest BCUT2D eigenvalue weighted by atomic mass is 10.3. The molecule has 1 N–H and O–H groups in total. The van der Waals surface area contributed by atoms with Crippen molar-refractivity contribution in [3.05, 3.63) is 18.0 Å². The molecule has 1 saturated carbocycles. The van der Waals surface area contributed by atoms with Gasteiger partial charge in [0.15, 0.2) is 0 Å². The van der Waals surface area contributed by atoms with Crippen LogP contribution in [-0.2, 0) is 12.0 Å². The van der Waals surface area contributed by atoms with Crippen LogP contribution in [0.25, 0.3) is 0 Å². The molecular weight excluding hydrogens is 162 g/mol. The lowest BCUT2D eigenvalue weighted by Crippen LogP contribution is -2.14. The summed E-state index contributed by atoms with van der Waals surface area (Å²) >= 11 is 0. The van der Waals surface area contributed by atoms with Crippen molar-refractivity contribution in [2.75, 3.05) is 13.6 Å². The van der Waals surface area contributed by atoms with Crippen LogP contribution in [0, 0.1) is 0 Å². The zero-order valence-corrected chi connectivity index (χ0v) is 8.38. The number of rotatable bonds is 4. The molecule has 0 atom stereocenters.